The van der Waals surface area contributed by atoms with Gasteiger partial charge in [-0.05, 0) is 24.5 Å². The van der Waals surface area contributed by atoms with E-state index in [-0.39, 0.29) is 0 Å². The highest BCUT2D eigenvalue weighted by Crippen LogP contribution is 2.14. The molecule has 0 saturated heterocycles. The fourth-order valence-electron chi connectivity index (χ4n) is 0.859. The molecule has 0 aromatic heterocycles. The molecular weight excluding hydrogens is 112 g/mol. The molecular formula is C8H12O. The molecule has 0 heterocycles. The molecule has 0 fully saturated rings. The third-order valence-corrected chi connectivity index (χ3v) is 1.52. The van der Waals surface area contributed by atoms with Crippen LogP contribution in [0.1, 0.15) is 13.3 Å². The van der Waals surface area contributed by atoms with Gasteiger partial charge in [0, 0.05) is 0 Å². The molecule has 0 radical (unpaired) electrons. The Balaban J connectivity index is 2.52. The van der Waals surface area contributed by atoms with Crippen molar-refractivity contribution in [1.29, 1.82) is 0 Å². The molecule has 9 heavy (non-hydrogen) atoms. The monoisotopic (exact) mass is 124 g/mol. The van der Waals surface area contributed by atoms with Crippen molar-refractivity contribution in [2.24, 2.45) is 5.92 Å². The number of hydrogen-bond acceptors (Lipinski definition) is 1. The van der Waals surface area contributed by atoms with Crippen molar-refractivity contribution in [1.82, 2.24) is 0 Å². The standard InChI is InChI=1S/C8H12O/c1-7-3-5-8(9-2)6-4-7/h3,5-7H,4H2,1-2H3. The Morgan fingerprint density at radius 1 is 1.67 bits per heavy atom. The molecule has 1 atom stereocenters. The van der Waals surface area contributed by atoms with E-state index in [0.29, 0.717) is 5.92 Å². The number of ether oxygens (including phenoxy) is 1. The smallest absolute Gasteiger partial charge is 0.114 e. The van der Waals surface area contributed by atoms with Crippen LogP contribution in [-0.4, -0.2) is 7.11 Å². The Hall–Kier alpha value is -0.720. The summed E-state index contributed by atoms with van der Waals surface area (Å²) in [4.78, 5) is 0. The molecule has 0 amide bonds. The van der Waals surface area contributed by atoms with Crippen LogP contribution < -0.4 is 0 Å². The van der Waals surface area contributed by atoms with Crippen LogP contribution in [0.15, 0.2) is 24.0 Å². The predicted molar refractivity (Wildman–Crippen MR) is 38.0 cm³/mol. The van der Waals surface area contributed by atoms with Crippen molar-refractivity contribution in [3.63, 3.8) is 0 Å². The van der Waals surface area contributed by atoms with E-state index in [2.05, 4.69) is 19.1 Å². The van der Waals surface area contributed by atoms with Gasteiger partial charge in [-0.25, -0.2) is 0 Å². The SMILES string of the molecule is COC1=CCC(C)C=C1. The average Bonchev–Trinajstić information content (AvgIpc) is 1.90. The Labute approximate surface area is 56.0 Å². The Bertz CT molecular complexity index is 145. The van der Waals surface area contributed by atoms with Crippen LogP contribution in [-0.2, 0) is 4.74 Å². The maximum atomic E-state index is 5.01. The van der Waals surface area contributed by atoms with Gasteiger partial charge >= 0.3 is 0 Å². The molecule has 1 unspecified atom stereocenters. The van der Waals surface area contributed by atoms with Gasteiger partial charge in [-0.2, -0.15) is 0 Å². The summed E-state index contributed by atoms with van der Waals surface area (Å²) >= 11 is 0. The number of methoxy groups -OCH3 is 1. The Kier molecular flexibility index (Phi) is 1.93. The highest BCUT2D eigenvalue weighted by molar-refractivity contribution is 5.17. The molecule has 0 bridgehead atoms. The van der Waals surface area contributed by atoms with Gasteiger partial charge in [0.2, 0.25) is 0 Å². The molecule has 0 aliphatic heterocycles. The molecule has 1 rings (SSSR count). The maximum absolute atomic E-state index is 5.01. The molecule has 1 heteroatoms. The van der Waals surface area contributed by atoms with Gasteiger partial charge in [0.05, 0.1) is 7.11 Å². The Morgan fingerprint density at radius 2 is 2.44 bits per heavy atom. The van der Waals surface area contributed by atoms with E-state index >= 15 is 0 Å². The normalized spacial score (nSPS) is 25.6. The summed E-state index contributed by atoms with van der Waals surface area (Å²) in [5.74, 6) is 1.68. The van der Waals surface area contributed by atoms with Gasteiger partial charge in [0.1, 0.15) is 5.76 Å². The lowest BCUT2D eigenvalue weighted by Crippen LogP contribution is -1.94. The quantitative estimate of drug-likeness (QED) is 0.520. The van der Waals surface area contributed by atoms with E-state index < -0.39 is 0 Å². The van der Waals surface area contributed by atoms with E-state index in [1.165, 1.54) is 0 Å². The zero-order valence-corrected chi connectivity index (χ0v) is 5.92. The second-order valence-electron chi connectivity index (χ2n) is 2.38. The fraction of sp³-hybridized carbons (Fsp3) is 0.500. The lowest BCUT2D eigenvalue weighted by molar-refractivity contribution is 0.302. The number of hydrogen-bond donors (Lipinski definition) is 0. The molecule has 0 aromatic carbocycles. The fourth-order valence-corrected chi connectivity index (χ4v) is 0.859. The van der Waals surface area contributed by atoms with Crippen molar-refractivity contribution in [2.75, 3.05) is 7.11 Å². The van der Waals surface area contributed by atoms with Crippen molar-refractivity contribution in [3.8, 4) is 0 Å². The van der Waals surface area contributed by atoms with Gasteiger partial charge in [0.25, 0.3) is 0 Å². The molecule has 1 nitrogen and oxygen atoms in total. The second-order valence-corrected chi connectivity index (χ2v) is 2.38. The number of allylic oxidation sites excluding steroid dienone is 3. The molecule has 1 aliphatic carbocycles. The highest BCUT2D eigenvalue weighted by atomic mass is 16.5. The van der Waals surface area contributed by atoms with Gasteiger partial charge in [-0.3, -0.25) is 0 Å². The minimum absolute atomic E-state index is 0.684. The average molecular weight is 124 g/mol. The minimum atomic E-state index is 0.684. The first-order valence-corrected chi connectivity index (χ1v) is 3.25. The highest BCUT2D eigenvalue weighted by Gasteiger charge is 2.01. The lowest BCUT2D eigenvalue weighted by atomic mass is 10.0. The molecule has 0 spiro atoms. The summed E-state index contributed by atoms with van der Waals surface area (Å²) in [5.41, 5.74) is 0. The zero-order chi connectivity index (χ0) is 6.69. The first-order valence-electron chi connectivity index (χ1n) is 3.25. The van der Waals surface area contributed by atoms with Gasteiger partial charge in [-0.1, -0.05) is 13.0 Å². The van der Waals surface area contributed by atoms with E-state index in [1.54, 1.807) is 7.11 Å². The van der Waals surface area contributed by atoms with Crippen molar-refractivity contribution < 1.29 is 4.74 Å². The van der Waals surface area contributed by atoms with Crippen LogP contribution >= 0.6 is 0 Å². The van der Waals surface area contributed by atoms with Crippen LogP contribution in [0.25, 0.3) is 0 Å². The molecule has 0 saturated carbocycles. The first-order chi connectivity index (χ1) is 4.33. The van der Waals surface area contributed by atoms with Crippen LogP contribution in [0.5, 0.6) is 0 Å². The molecule has 50 valence electrons. The van der Waals surface area contributed by atoms with Crippen LogP contribution in [0.4, 0.5) is 0 Å². The topological polar surface area (TPSA) is 9.23 Å². The summed E-state index contributed by atoms with van der Waals surface area (Å²) < 4.78 is 5.01. The summed E-state index contributed by atoms with van der Waals surface area (Å²) in [6.45, 7) is 2.19. The molecule has 0 aromatic rings. The van der Waals surface area contributed by atoms with Crippen molar-refractivity contribution >= 4 is 0 Å². The van der Waals surface area contributed by atoms with E-state index in [0.717, 1.165) is 12.2 Å². The zero-order valence-electron chi connectivity index (χ0n) is 5.92. The van der Waals surface area contributed by atoms with Crippen LogP contribution in [0.3, 0.4) is 0 Å². The molecule has 0 N–H and O–H groups in total. The third-order valence-electron chi connectivity index (χ3n) is 1.52. The summed E-state index contributed by atoms with van der Waals surface area (Å²) in [6.07, 6.45) is 7.41. The van der Waals surface area contributed by atoms with Gasteiger partial charge in [-0.15, -0.1) is 0 Å². The summed E-state index contributed by atoms with van der Waals surface area (Å²) in [7, 11) is 1.70. The summed E-state index contributed by atoms with van der Waals surface area (Å²) in [6, 6.07) is 0. The second kappa shape index (κ2) is 2.72. The lowest BCUT2D eigenvalue weighted by Gasteiger charge is -2.09. The summed E-state index contributed by atoms with van der Waals surface area (Å²) in [5, 5.41) is 0. The van der Waals surface area contributed by atoms with Gasteiger partial charge < -0.3 is 4.74 Å². The van der Waals surface area contributed by atoms with Gasteiger partial charge in [0.15, 0.2) is 0 Å². The minimum Gasteiger partial charge on any atom is -0.497 e. The van der Waals surface area contributed by atoms with E-state index in [9.17, 15) is 0 Å². The van der Waals surface area contributed by atoms with Crippen LogP contribution in [0.2, 0.25) is 0 Å². The van der Waals surface area contributed by atoms with Crippen LogP contribution in [0, 0.1) is 5.92 Å². The van der Waals surface area contributed by atoms with Crippen molar-refractivity contribution in [3.05, 3.63) is 24.0 Å². The largest absolute Gasteiger partial charge is 0.497 e. The Morgan fingerprint density at radius 3 is 2.89 bits per heavy atom. The maximum Gasteiger partial charge on any atom is 0.114 e. The first kappa shape index (κ1) is 6.40. The van der Waals surface area contributed by atoms with Crippen molar-refractivity contribution in [2.45, 2.75) is 13.3 Å². The number of rotatable bonds is 1. The van der Waals surface area contributed by atoms with E-state index in [1.807, 2.05) is 6.08 Å². The molecule has 1 aliphatic rings. The van der Waals surface area contributed by atoms with E-state index in [4.69, 9.17) is 4.74 Å². The third kappa shape index (κ3) is 1.60. The predicted octanol–water partition coefficient (Wildman–Crippen LogP) is 2.11.